The van der Waals surface area contributed by atoms with Crippen LogP contribution in [0.1, 0.15) is 44.9 Å². The second-order valence-electron chi connectivity index (χ2n) is 6.06. The van der Waals surface area contributed by atoms with E-state index in [1.165, 1.54) is 6.42 Å². The van der Waals surface area contributed by atoms with Crippen LogP contribution < -0.4 is 21.3 Å². The standard InChI is InChI=1S/C17H36N4O4/c22-16(23)6-4-10-20-14-12-18-8-2-1-3-9-19-13-15-21-11-5-7-17(24)25/h18-21H,1-15H2,(H,22,23)(H,24,25). The number of unbranched alkanes of at least 4 members (excludes halogenated alkanes) is 2. The molecule has 148 valence electrons. The van der Waals surface area contributed by atoms with Crippen molar-refractivity contribution in [1.29, 1.82) is 0 Å². The third kappa shape index (κ3) is 22.8. The van der Waals surface area contributed by atoms with Gasteiger partial charge in [0.25, 0.3) is 0 Å². The lowest BCUT2D eigenvalue weighted by Gasteiger charge is -2.07. The van der Waals surface area contributed by atoms with Crippen molar-refractivity contribution in [2.24, 2.45) is 0 Å². The number of rotatable bonds is 20. The highest BCUT2D eigenvalue weighted by atomic mass is 16.4. The van der Waals surface area contributed by atoms with Crippen LogP contribution in [-0.2, 0) is 9.59 Å². The van der Waals surface area contributed by atoms with Crippen molar-refractivity contribution in [3.05, 3.63) is 0 Å². The fourth-order valence-electron chi connectivity index (χ4n) is 2.26. The second kappa shape index (κ2) is 19.1. The summed E-state index contributed by atoms with van der Waals surface area (Å²) in [7, 11) is 0. The maximum atomic E-state index is 10.3. The van der Waals surface area contributed by atoms with Gasteiger partial charge in [-0.2, -0.15) is 0 Å². The lowest BCUT2D eigenvalue weighted by atomic mass is 10.2. The van der Waals surface area contributed by atoms with Crippen molar-refractivity contribution in [2.45, 2.75) is 44.9 Å². The van der Waals surface area contributed by atoms with E-state index in [0.29, 0.717) is 12.8 Å². The van der Waals surface area contributed by atoms with E-state index < -0.39 is 11.9 Å². The van der Waals surface area contributed by atoms with Crippen molar-refractivity contribution in [3.8, 4) is 0 Å². The SMILES string of the molecule is O=C(O)CCCNCCNCCCCCNCCNCCCC(=O)O. The number of carbonyl (C=O) groups is 2. The minimum atomic E-state index is -0.735. The van der Waals surface area contributed by atoms with E-state index in [0.717, 1.165) is 65.2 Å². The van der Waals surface area contributed by atoms with Gasteiger partial charge in [0.2, 0.25) is 0 Å². The minimum Gasteiger partial charge on any atom is -0.481 e. The molecule has 0 radical (unpaired) electrons. The van der Waals surface area contributed by atoms with Crippen molar-refractivity contribution < 1.29 is 19.8 Å². The number of carboxylic acid groups (broad SMARTS) is 2. The van der Waals surface area contributed by atoms with Crippen LogP contribution in [0.15, 0.2) is 0 Å². The summed E-state index contributed by atoms with van der Waals surface area (Å²) in [6, 6.07) is 0. The van der Waals surface area contributed by atoms with E-state index in [1.54, 1.807) is 0 Å². The van der Waals surface area contributed by atoms with Crippen LogP contribution in [0.5, 0.6) is 0 Å². The summed E-state index contributed by atoms with van der Waals surface area (Å²) in [6.45, 7) is 7.13. The first-order valence-corrected chi connectivity index (χ1v) is 9.39. The van der Waals surface area contributed by atoms with Crippen LogP contribution in [0.2, 0.25) is 0 Å². The summed E-state index contributed by atoms with van der Waals surface area (Å²) in [6.07, 6.45) is 5.34. The Labute approximate surface area is 151 Å². The van der Waals surface area contributed by atoms with Gasteiger partial charge in [-0.1, -0.05) is 6.42 Å². The van der Waals surface area contributed by atoms with E-state index in [1.807, 2.05) is 0 Å². The van der Waals surface area contributed by atoms with Crippen LogP contribution in [0, 0.1) is 0 Å². The first-order chi connectivity index (χ1) is 12.1. The molecule has 6 N–H and O–H groups in total. The summed E-state index contributed by atoms with van der Waals surface area (Å²) < 4.78 is 0. The fraction of sp³-hybridized carbons (Fsp3) is 0.882. The van der Waals surface area contributed by atoms with Crippen molar-refractivity contribution >= 4 is 11.9 Å². The molecule has 0 aliphatic carbocycles. The number of hydrogen-bond donors (Lipinski definition) is 6. The molecule has 0 saturated heterocycles. The summed E-state index contributed by atoms with van der Waals surface area (Å²) in [4.78, 5) is 20.7. The predicted octanol–water partition coefficient (Wildman–Crippen LogP) is 0.245. The summed E-state index contributed by atoms with van der Waals surface area (Å²) in [5.74, 6) is -1.47. The zero-order valence-electron chi connectivity index (χ0n) is 15.3. The number of aliphatic carboxylic acids is 2. The molecule has 0 bridgehead atoms. The molecule has 0 unspecified atom stereocenters. The largest absolute Gasteiger partial charge is 0.481 e. The van der Waals surface area contributed by atoms with Gasteiger partial charge >= 0.3 is 11.9 Å². The Morgan fingerprint density at radius 2 is 0.800 bits per heavy atom. The smallest absolute Gasteiger partial charge is 0.303 e. The monoisotopic (exact) mass is 360 g/mol. The highest BCUT2D eigenvalue weighted by molar-refractivity contribution is 5.66. The quantitative estimate of drug-likeness (QED) is 0.171. The van der Waals surface area contributed by atoms with Gasteiger partial charge in [-0.25, -0.2) is 0 Å². The van der Waals surface area contributed by atoms with Crippen LogP contribution in [-0.4, -0.2) is 74.5 Å². The fourth-order valence-corrected chi connectivity index (χ4v) is 2.26. The molecule has 0 aliphatic heterocycles. The molecule has 0 aliphatic rings. The Kier molecular flexibility index (Phi) is 18.2. The number of hydrogen-bond acceptors (Lipinski definition) is 6. The summed E-state index contributed by atoms with van der Waals surface area (Å²) in [5.41, 5.74) is 0. The molecule has 0 saturated carbocycles. The minimum absolute atomic E-state index is 0.231. The van der Waals surface area contributed by atoms with Crippen LogP contribution in [0.25, 0.3) is 0 Å². The van der Waals surface area contributed by atoms with Gasteiger partial charge in [0.15, 0.2) is 0 Å². The Bertz CT molecular complexity index is 300. The molecule has 0 fully saturated rings. The Morgan fingerprint density at radius 1 is 0.480 bits per heavy atom. The van der Waals surface area contributed by atoms with Crippen molar-refractivity contribution in [1.82, 2.24) is 21.3 Å². The first-order valence-electron chi connectivity index (χ1n) is 9.39. The Morgan fingerprint density at radius 3 is 1.12 bits per heavy atom. The molecular formula is C17H36N4O4. The maximum Gasteiger partial charge on any atom is 0.303 e. The van der Waals surface area contributed by atoms with E-state index in [9.17, 15) is 9.59 Å². The molecule has 0 aromatic carbocycles. The first kappa shape index (κ1) is 23.8. The van der Waals surface area contributed by atoms with Crippen molar-refractivity contribution in [2.75, 3.05) is 52.4 Å². The van der Waals surface area contributed by atoms with E-state index in [-0.39, 0.29) is 12.8 Å². The Hall–Kier alpha value is -1.22. The number of nitrogens with one attached hydrogen (secondary N) is 4. The van der Waals surface area contributed by atoms with Gasteiger partial charge in [0.1, 0.15) is 0 Å². The van der Waals surface area contributed by atoms with E-state index in [4.69, 9.17) is 10.2 Å². The normalized spacial score (nSPS) is 10.9. The number of carboxylic acids is 2. The highest BCUT2D eigenvalue weighted by Gasteiger charge is 1.96. The lowest BCUT2D eigenvalue weighted by molar-refractivity contribution is -0.138. The molecular weight excluding hydrogens is 324 g/mol. The summed E-state index contributed by atoms with van der Waals surface area (Å²) in [5, 5.41) is 30.2. The van der Waals surface area contributed by atoms with Crippen LogP contribution >= 0.6 is 0 Å². The predicted molar refractivity (Wildman–Crippen MR) is 99.1 cm³/mol. The highest BCUT2D eigenvalue weighted by Crippen LogP contribution is 1.92. The molecule has 0 rings (SSSR count). The van der Waals surface area contributed by atoms with Gasteiger partial charge in [-0.05, 0) is 51.9 Å². The third-order valence-electron chi connectivity index (χ3n) is 3.65. The molecule has 8 heteroatoms. The maximum absolute atomic E-state index is 10.3. The zero-order valence-corrected chi connectivity index (χ0v) is 15.3. The topological polar surface area (TPSA) is 123 Å². The molecule has 0 atom stereocenters. The molecule has 0 spiro atoms. The molecule has 8 nitrogen and oxygen atoms in total. The molecule has 0 amide bonds. The van der Waals surface area contributed by atoms with E-state index >= 15 is 0 Å². The molecule has 25 heavy (non-hydrogen) atoms. The van der Waals surface area contributed by atoms with E-state index in [2.05, 4.69) is 21.3 Å². The molecule has 0 heterocycles. The average molecular weight is 360 g/mol. The molecule has 0 aromatic rings. The van der Waals surface area contributed by atoms with Gasteiger partial charge in [-0.15, -0.1) is 0 Å². The lowest BCUT2D eigenvalue weighted by Crippen LogP contribution is -2.29. The second-order valence-corrected chi connectivity index (χ2v) is 6.06. The van der Waals surface area contributed by atoms with Gasteiger partial charge < -0.3 is 31.5 Å². The average Bonchev–Trinajstić information content (AvgIpc) is 2.56. The molecule has 0 aromatic heterocycles. The third-order valence-corrected chi connectivity index (χ3v) is 3.65. The zero-order chi connectivity index (χ0) is 18.6. The van der Waals surface area contributed by atoms with Gasteiger partial charge in [-0.3, -0.25) is 9.59 Å². The van der Waals surface area contributed by atoms with Gasteiger partial charge in [0.05, 0.1) is 0 Å². The van der Waals surface area contributed by atoms with Crippen LogP contribution in [0.3, 0.4) is 0 Å². The van der Waals surface area contributed by atoms with Crippen LogP contribution in [0.4, 0.5) is 0 Å². The van der Waals surface area contributed by atoms with Crippen molar-refractivity contribution in [3.63, 3.8) is 0 Å². The Balaban J connectivity index is 3.00. The summed E-state index contributed by atoms with van der Waals surface area (Å²) >= 11 is 0. The van der Waals surface area contributed by atoms with Gasteiger partial charge in [0, 0.05) is 39.0 Å².